The van der Waals surface area contributed by atoms with Gasteiger partial charge in [-0.1, -0.05) is 12.2 Å². The van der Waals surface area contributed by atoms with Crippen molar-refractivity contribution in [1.29, 1.82) is 0 Å². The first-order valence-corrected chi connectivity index (χ1v) is 9.18. The molecule has 7 nitrogen and oxygen atoms in total. The number of fused-ring (bicyclic) bond motifs is 6. The summed E-state index contributed by atoms with van der Waals surface area (Å²) >= 11 is 0. The molecule has 2 aliphatic heterocycles. The summed E-state index contributed by atoms with van der Waals surface area (Å²) in [6.07, 6.45) is 5.86. The Hall–Kier alpha value is -2.96. The quantitative estimate of drug-likeness (QED) is 0.377. The van der Waals surface area contributed by atoms with Crippen LogP contribution in [0, 0.1) is 23.7 Å². The van der Waals surface area contributed by atoms with Crippen molar-refractivity contribution in [2.45, 2.75) is 19.3 Å². The predicted octanol–water partition coefficient (Wildman–Crippen LogP) is 1.28. The van der Waals surface area contributed by atoms with Gasteiger partial charge in [0.2, 0.25) is 17.7 Å². The monoisotopic (exact) mass is 366 g/mol. The summed E-state index contributed by atoms with van der Waals surface area (Å²) < 4.78 is 5.34. The minimum absolute atomic E-state index is 0.0349. The van der Waals surface area contributed by atoms with E-state index in [0.29, 0.717) is 24.3 Å². The molecule has 2 fully saturated rings. The van der Waals surface area contributed by atoms with Gasteiger partial charge in [0.15, 0.2) is 0 Å². The number of aryl methyl sites for hydroxylation is 1. The number of nitrogens with zero attached hydrogens (tertiary/aromatic N) is 1. The first kappa shape index (κ1) is 16.2. The molecular formula is C20H18N2O5. The van der Waals surface area contributed by atoms with E-state index in [4.69, 9.17) is 4.74 Å². The number of imide groups is 1. The van der Waals surface area contributed by atoms with Gasteiger partial charge in [0.1, 0.15) is 12.3 Å². The number of likely N-dealkylation sites (tertiary alicyclic amines) is 1. The molecule has 0 spiro atoms. The fourth-order valence-corrected chi connectivity index (χ4v) is 4.84. The number of carbonyl (C=O) groups is 4. The molecule has 1 saturated carbocycles. The van der Waals surface area contributed by atoms with Crippen molar-refractivity contribution in [1.82, 2.24) is 4.90 Å². The van der Waals surface area contributed by atoms with Gasteiger partial charge in [-0.15, -0.1) is 0 Å². The Labute approximate surface area is 155 Å². The second kappa shape index (κ2) is 5.77. The molecule has 0 radical (unpaired) electrons. The summed E-state index contributed by atoms with van der Waals surface area (Å²) in [4.78, 5) is 50.0. The van der Waals surface area contributed by atoms with Gasteiger partial charge in [-0.3, -0.25) is 19.3 Å². The molecule has 5 rings (SSSR count). The molecule has 3 amide bonds. The Morgan fingerprint density at radius 3 is 2.48 bits per heavy atom. The lowest BCUT2D eigenvalue weighted by Crippen LogP contribution is -2.38. The predicted molar refractivity (Wildman–Crippen MR) is 93.5 cm³/mol. The van der Waals surface area contributed by atoms with Gasteiger partial charge in [0.05, 0.1) is 11.8 Å². The first-order chi connectivity index (χ1) is 13.0. The third kappa shape index (κ3) is 2.49. The summed E-state index contributed by atoms with van der Waals surface area (Å²) in [6.45, 7) is -0.363. The molecule has 1 aromatic carbocycles. The maximum atomic E-state index is 12.6. The van der Waals surface area contributed by atoms with Crippen LogP contribution >= 0.6 is 0 Å². The molecular weight excluding hydrogens is 348 g/mol. The lowest BCUT2D eigenvalue weighted by Gasteiger charge is -2.18. The number of carbonyl (C=O) groups excluding carboxylic acids is 4. The largest absolute Gasteiger partial charge is 0.425 e. The average Bonchev–Trinajstić information content (AvgIpc) is 3.32. The van der Waals surface area contributed by atoms with E-state index in [0.717, 1.165) is 16.9 Å². The highest BCUT2D eigenvalue weighted by Crippen LogP contribution is 2.52. The van der Waals surface area contributed by atoms with Gasteiger partial charge in [-0.25, -0.2) is 4.79 Å². The van der Waals surface area contributed by atoms with Crippen molar-refractivity contribution in [2.75, 3.05) is 11.9 Å². The highest BCUT2D eigenvalue weighted by atomic mass is 16.5. The molecule has 4 atom stereocenters. The zero-order valence-electron chi connectivity index (χ0n) is 14.5. The summed E-state index contributed by atoms with van der Waals surface area (Å²) in [5.74, 6) is -1.24. The van der Waals surface area contributed by atoms with E-state index in [-0.39, 0.29) is 47.9 Å². The third-order valence-corrected chi connectivity index (χ3v) is 6.05. The van der Waals surface area contributed by atoms with Crippen molar-refractivity contribution in [3.63, 3.8) is 0 Å². The van der Waals surface area contributed by atoms with Crippen LogP contribution in [-0.4, -0.2) is 35.1 Å². The van der Waals surface area contributed by atoms with Crippen LogP contribution in [0.4, 0.5) is 5.69 Å². The number of nitrogens with one attached hydrogen (secondary N) is 1. The molecule has 0 unspecified atom stereocenters. The van der Waals surface area contributed by atoms with E-state index in [9.17, 15) is 19.2 Å². The summed E-state index contributed by atoms with van der Waals surface area (Å²) in [7, 11) is 0. The third-order valence-electron chi connectivity index (χ3n) is 6.05. The molecule has 27 heavy (non-hydrogen) atoms. The highest BCUT2D eigenvalue weighted by molar-refractivity contribution is 6.08. The topological polar surface area (TPSA) is 92.8 Å². The van der Waals surface area contributed by atoms with Gasteiger partial charge in [-0.05, 0) is 48.4 Å². The lowest BCUT2D eigenvalue weighted by atomic mass is 9.85. The molecule has 2 heterocycles. The van der Waals surface area contributed by atoms with E-state index in [1.165, 1.54) is 0 Å². The Kier molecular flexibility index (Phi) is 3.47. The van der Waals surface area contributed by atoms with Crippen LogP contribution in [0.2, 0.25) is 0 Å². The molecule has 1 N–H and O–H groups in total. The van der Waals surface area contributed by atoms with Gasteiger partial charge in [-0.2, -0.15) is 0 Å². The number of rotatable bonds is 3. The van der Waals surface area contributed by atoms with E-state index in [1.807, 2.05) is 12.2 Å². The zero-order valence-corrected chi connectivity index (χ0v) is 14.5. The molecule has 7 heteroatoms. The standard InChI is InChI=1S/C20H18N2O5/c23-15-6-3-10-8-13(4-5-14(10)21-15)27-16(24)9-22-19(25)17-11-1-2-12(7-11)18(17)20(22)26/h1-2,4-5,8,11-12,17-18H,3,6-7,9H2,(H,21,23)/t11-,12-,17-,18-/m0/s1. The highest BCUT2D eigenvalue weighted by Gasteiger charge is 2.59. The van der Waals surface area contributed by atoms with E-state index in [1.54, 1.807) is 18.2 Å². The molecule has 0 aromatic heterocycles. The van der Waals surface area contributed by atoms with Gasteiger partial charge in [0, 0.05) is 12.1 Å². The molecule has 4 aliphatic rings. The van der Waals surface area contributed by atoms with Crippen LogP contribution in [0.3, 0.4) is 0 Å². The Balaban J connectivity index is 1.27. The van der Waals surface area contributed by atoms with Crippen LogP contribution in [0.15, 0.2) is 30.4 Å². The average molecular weight is 366 g/mol. The van der Waals surface area contributed by atoms with Gasteiger partial charge < -0.3 is 10.1 Å². The van der Waals surface area contributed by atoms with Crippen molar-refractivity contribution >= 4 is 29.4 Å². The fraction of sp³-hybridized carbons (Fsp3) is 0.400. The van der Waals surface area contributed by atoms with Crippen molar-refractivity contribution < 1.29 is 23.9 Å². The molecule has 1 saturated heterocycles. The first-order valence-electron chi connectivity index (χ1n) is 9.18. The Bertz CT molecular complexity index is 891. The zero-order chi connectivity index (χ0) is 18.7. The SMILES string of the molecule is O=C1CCc2cc(OC(=O)CN3C(=O)[C@@H]4[C@@H](C3=O)[C@H]3C=C[C@H]4C3)ccc2N1. The van der Waals surface area contributed by atoms with Crippen molar-refractivity contribution in [3.8, 4) is 5.75 Å². The van der Waals surface area contributed by atoms with Crippen molar-refractivity contribution in [3.05, 3.63) is 35.9 Å². The number of benzene rings is 1. The Morgan fingerprint density at radius 2 is 1.78 bits per heavy atom. The maximum Gasteiger partial charge on any atom is 0.331 e. The number of allylic oxidation sites excluding steroid dienone is 2. The maximum absolute atomic E-state index is 12.6. The molecule has 1 aromatic rings. The minimum Gasteiger partial charge on any atom is -0.425 e. The van der Waals surface area contributed by atoms with Crippen LogP contribution in [-0.2, 0) is 25.6 Å². The number of hydrogen-bond donors (Lipinski definition) is 1. The molecule has 138 valence electrons. The summed E-state index contributed by atoms with van der Waals surface area (Å²) in [6, 6.07) is 4.99. The van der Waals surface area contributed by atoms with E-state index in [2.05, 4.69) is 5.32 Å². The number of hydrogen-bond acceptors (Lipinski definition) is 5. The van der Waals surface area contributed by atoms with Gasteiger partial charge in [0.25, 0.3) is 0 Å². The van der Waals surface area contributed by atoms with Crippen LogP contribution in [0.5, 0.6) is 5.75 Å². The minimum atomic E-state index is -0.642. The molecule has 2 bridgehead atoms. The fourth-order valence-electron chi connectivity index (χ4n) is 4.84. The normalized spacial score (nSPS) is 30.4. The summed E-state index contributed by atoms with van der Waals surface area (Å²) in [5.41, 5.74) is 1.61. The summed E-state index contributed by atoms with van der Waals surface area (Å²) in [5, 5.41) is 2.76. The smallest absolute Gasteiger partial charge is 0.331 e. The lowest BCUT2D eigenvalue weighted by molar-refractivity contribution is -0.148. The number of anilines is 1. The van der Waals surface area contributed by atoms with E-state index >= 15 is 0 Å². The number of esters is 1. The van der Waals surface area contributed by atoms with Crippen LogP contribution in [0.1, 0.15) is 18.4 Å². The van der Waals surface area contributed by atoms with E-state index < -0.39 is 5.97 Å². The van der Waals surface area contributed by atoms with Crippen LogP contribution < -0.4 is 10.1 Å². The van der Waals surface area contributed by atoms with Crippen molar-refractivity contribution in [2.24, 2.45) is 23.7 Å². The number of ether oxygens (including phenoxy) is 1. The number of amides is 3. The van der Waals surface area contributed by atoms with Crippen LogP contribution in [0.25, 0.3) is 0 Å². The second-order valence-electron chi connectivity index (χ2n) is 7.60. The second-order valence-corrected chi connectivity index (χ2v) is 7.60. The molecule has 2 aliphatic carbocycles. The van der Waals surface area contributed by atoms with Gasteiger partial charge >= 0.3 is 5.97 Å². The Morgan fingerprint density at radius 1 is 1.07 bits per heavy atom.